The minimum absolute atomic E-state index is 0.00523. The first-order chi connectivity index (χ1) is 21.1. The number of carbonyl (C=O) groups is 1. The molecule has 0 bridgehead atoms. The van der Waals surface area contributed by atoms with Crippen LogP contribution in [0.25, 0.3) is 11.2 Å². The normalized spacial score (nSPS) is 25.7. The van der Waals surface area contributed by atoms with E-state index in [9.17, 15) is 27.6 Å². The van der Waals surface area contributed by atoms with E-state index in [1.807, 2.05) is 0 Å². The molecule has 1 aromatic carbocycles. The third-order valence-electron chi connectivity index (χ3n) is 6.92. The van der Waals surface area contributed by atoms with Crippen molar-refractivity contribution >= 4 is 36.6 Å². The number of nitrogens with one attached hydrogen (secondary N) is 2. The van der Waals surface area contributed by atoms with Gasteiger partial charge in [0, 0.05) is 6.04 Å². The van der Waals surface area contributed by atoms with Gasteiger partial charge in [-0.05, 0) is 45.7 Å². The number of carbonyl (C=O) groups excluding carboxylic acids is 1. The van der Waals surface area contributed by atoms with E-state index in [0.29, 0.717) is 4.57 Å². The molecule has 0 spiro atoms. The Kier molecular flexibility index (Phi) is 8.98. The van der Waals surface area contributed by atoms with Crippen molar-refractivity contribution in [2.24, 2.45) is 0 Å². The summed E-state index contributed by atoms with van der Waals surface area (Å²) in [6, 6.07) is 6.33. The van der Waals surface area contributed by atoms with Crippen molar-refractivity contribution in [3.8, 4) is 5.75 Å². The third-order valence-corrected chi connectivity index (χ3v) is 8.57. The summed E-state index contributed by atoms with van der Waals surface area (Å²) in [6.45, 7) is 3.41. The Morgan fingerprint density at radius 3 is 2.56 bits per heavy atom. The van der Waals surface area contributed by atoms with E-state index in [0.717, 1.165) is 19.2 Å². The second kappa shape index (κ2) is 12.3. The number of imidazole rings is 1. The second-order valence-corrected chi connectivity index (χ2v) is 12.6. The highest BCUT2D eigenvalue weighted by Crippen LogP contribution is 2.53. The maximum atomic E-state index is 16.2. The molecular weight excluding hydrogens is 629 g/mol. The third kappa shape index (κ3) is 6.84. The number of ether oxygens (including phenoxy) is 2. The monoisotopic (exact) mass is 661 g/mol. The number of alkyl halides is 4. The topological polar surface area (TPSA) is 185 Å². The first-order valence-corrected chi connectivity index (χ1v) is 15.5. The van der Waals surface area contributed by atoms with E-state index in [1.165, 1.54) is 19.1 Å². The first-order valence-electron chi connectivity index (χ1n) is 13.9. The zero-order valence-electron chi connectivity index (χ0n) is 24.3. The quantitative estimate of drug-likeness (QED) is 0.125. The van der Waals surface area contributed by atoms with Gasteiger partial charge in [-0.3, -0.25) is 13.9 Å². The summed E-state index contributed by atoms with van der Waals surface area (Å²) in [4.78, 5) is 24.5. The minimum atomic E-state index is -5.67. The van der Waals surface area contributed by atoms with Crippen LogP contribution in [-0.2, 0) is 23.4 Å². The summed E-state index contributed by atoms with van der Waals surface area (Å²) >= 11 is 0. The van der Waals surface area contributed by atoms with Crippen molar-refractivity contribution < 1.29 is 50.5 Å². The number of nitrogens with zero attached hydrogens (tertiary/aromatic N) is 4. The molecule has 45 heavy (non-hydrogen) atoms. The molecule has 6 atom stereocenters. The molecule has 2 aromatic heterocycles. The molecule has 14 nitrogen and oxygen atoms in total. The maximum absolute atomic E-state index is 16.2. The standard InChI is InChI=1S/C26H32F4N7O7P/c1-13(2)42-22(39)14(3)36-45(40,44-16-7-5-4-6-8-16)41-11-17-19(38)25(27,26(28,29)30)23(43-17)37-12-32-18-20(33-15-9-10-15)34-24(31)35-21(18)37/h4-8,12-15,17,19,23,38H,9-11H2,1-3H3,(H,36,40)(H3,31,33,34,35)/t14?,17-,19-,23-,25-,45-/m1/s1. The van der Waals surface area contributed by atoms with Crippen molar-refractivity contribution in [3.05, 3.63) is 36.7 Å². The predicted octanol–water partition coefficient (Wildman–Crippen LogP) is 3.65. The van der Waals surface area contributed by atoms with Crippen molar-refractivity contribution in [1.29, 1.82) is 0 Å². The largest absolute Gasteiger partial charge is 0.462 e. The van der Waals surface area contributed by atoms with Gasteiger partial charge in [0.15, 0.2) is 23.2 Å². The molecule has 1 aliphatic carbocycles. The Balaban J connectivity index is 1.43. The van der Waals surface area contributed by atoms with Crippen LogP contribution in [0, 0.1) is 0 Å². The number of benzene rings is 1. The van der Waals surface area contributed by atoms with E-state index in [2.05, 4.69) is 25.4 Å². The van der Waals surface area contributed by atoms with Crippen LogP contribution in [0.1, 0.15) is 39.8 Å². The number of halogens is 4. The lowest BCUT2D eigenvalue weighted by Gasteiger charge is -2.31. The van der Waals surface area contributed by atoms with Gasteiger partial charge in [-0.15, -0.1) is 0 Å². The number of anilines is 2. The Morgan fingerprint density at radius 1 is 1.24 bits per heavy atom. The number of hydrogen-bond acceptors (Lipinski definition) is 12. The van der Waals surface area contributed by atoms with Crippen LogP contribution in [0.3, 0.4) is 0 Å². The fraction of sp³-hybridized carbons (Fsp3) is 0.538. The fourth-order valence-corrected chi connectivity index (χ4v) is 6.10. The van der Waals surface area contributed by atoms with Gasteiger partial charge in [-0.1, -0.05) is 18.2 Å². The van der Waals surface area contributed by atoms with Crippen molar-refractivity contribution in [1.82, 2.24) is 24.6 Å². The number of nitrogen functional groups attached to an aromatic ring is 1. The SMILES string of the molecule is CC(C)OC(=O)C(C)N[P@@](=O)(OC[C@H]1O[C@@H](n2cnc3c(NC4CC4)nc(N)nc32)[C@@](F)(C(F)(F)F)[C@@H]1O)Oc1ccccc1. The zero-order chi connectivity index (χ0) is 32.7. The van der Waals surface area contributed by atoms with Crippen LogP contribution in [0.5, 0.6) is 5.75 Å². The summed E-state index contributed by atoms with van der Waals surface area (Å²) in [6.07, 6.45) is -11.1. The molecule has 19 heteroatoms. The lowest BCUT2D eigenvalue weighted by molar-refractivity contribution is -0.273. The molecule has 5 rings (SSSR count). The maximum Gasteiger partial charge on any atom is 0.459 e. The van der Waals surface area contributed by atoms with Crippen LogP contribution in [0.2, 0.25) is 0 Å². The summed E-state index contributed by atoms with van der Waals surface area (Å²) in [5.41, 5.74) is 1.10. The Morgan fingerprint density at radius 2 is 1.93 bits per heavy atom. The Hall–Kier alpha value is -3.57. The summed E-state index contributed by atoms with van der Waals surface area (Å²) in [5.74, 6) is -0.996. The molecule has 1 unspecified atom stereocenters. The Labute approximate surface area is 254 Å². The van der Waals surface area contributed by atoms with Gasteiger partial charge >= 0.3 is 19.9 Å². The van der Waals surface area contributed by atoms with Gasteiger partial charge in [-0.2, -0.15) is 28.2 Å². The molecule has 5 N–H and O–H groups in total. The predicted molar refractivity (Wildman–Crippen MR) is 151 cm³/mol. The highest BCUT2D eigenvalue weighted by molar-refractivity contribution is 7.52. The summed E-state index contributed by atoms with van der Waals surface area (Å²) in [7, 11) is -4.61. The van der Waals surface area contributed by atoms with Gasteiger partial charge < -0.3 is 30.2 Å². The number of fused-ring (bicyclic) bond motifs is 1. The molecule has 1 saturated carbocycles. The summed E-state index contributed by atoms with van der Waals surface area (Å²) in [5, 5.41) is 16.2. The number of aliphatic hydroxyl groups is 1. The molecule has 2 aliphatic rings. The molecular formula is C26H32F4N7O7P. The molecule has 3 heterocycles. The molecule has 1 aliphatic heterocycles. The molecule has 246 valence electrons. The molecule has 3 aromatic rings. The van der Waals surface area contributed by atoms with Gasteiger partial charge in [0.05, 0.1) is 19.0 Å². The van der Waals surface area contributed by atoms with Crippen LogP contribution in [0.15, 0.2) is 36.7 Å². The highest BCUT2D eigenvalue weighted by atomic mass is 31.2. The van der Waals surface area contributed by atoms with Gasteiger partial charge in [-0.25, -0.2) is 13.9 Å². The Bertz CT molecular complexity index is 1580. The lowest BCUT2D eigenvalue weighted by Crippen LogP contribution is -2.54. The first kappa shape index (κ1) is 32.8. The molecule has 0 amide bonds. The fourth-order valence-electron chi connectivity index (χ4n) is 4.59. The number of para-hydroxylation sites is 1. The van der Waals surface area contributed by atoms with Gasteiger partial charge in [0.2, 0.25) is 5.95 Å². The van der Waals surface area contributed by atoms with Crippen LogP contribution < -0.4 is 20.7 Å². The smallest absolute Gasteiger partial charge is 0.459 e. The van der Waals surface area contributed by atoms with Crippen LogP contribution in [0.4, 0.5) is 29.3 Å². The van der Waals surface area contributed by atoms with E-state index in [4.69, 9.17) is 24.3 Å². The number of hydrogen-bond donors (Lipinski definition) is 4. The van der Waals surface area contributed by atoms with E-state index >= 15 is 4.39 Å². The van der Waals surface area contributed by atoms with Gasteiger partial charge in [0.25, 0.3) is 5.67 Å². The van der Waals surface area contributed by atoms with Crippen LogP contribution >= 0.6 is 7.75 Å². The van der Waals surface area contributed by atoms with E-state index < -0.39 is 62.7 Å². The van der Waals surface area contributed by atoms with E-state index in [-0.39, 0.29) is 34.7 Å². The van der Waals surface area contributed by atoms with Crippen LogP contribution in [-0.4, -0.2) is 79.4 Å². The van der Waals surface area contributed by atoms with Crippen molar-refractivity contribution in [3.63, 3.8) is 0 Å². The average molecular weight is 662 g/mol. The number of rotatable bonds is 12. The van der Waals surface area contributed by atoms with Gasteiger partial charge in [0.1, 0.15) is 24.0 Å². The number of nitrogens with two attached hydrogens (primary N) is 1. The number of aliphatic hydroxyl groups excluding tert-OH is 1. The zero-order valence-corrected chi connectivity index (χ0v) is 25.2. The van der Waals surface area contributed by atoms with Crippen molar-refractivity contribution in [2.75, 3.05) is 17.7 Å². The minimum Gasteiger partial charge on any atom is -0.462 e. The molecule has 0 radical (unpaired) electrons. The second-order valence-electron chi connectivity index (χ2n) is 10.9. The number of esters is 1. The number of aromatic nitrogens is 4. The molecule has 1 saturated heterocycles. The lowest BCUT2D eigenvalue weighted by atomic mass is 9.95. The molecule has 2 fully saturated rings. The van der Waals surface area contributed by atoms with E-state index in [1.54, 1.807) is 32.0 Å². The highest BCUT2D eigenvalue weighted by Gasteiger charge is 2.73. The average Bonchev–Trinajstić information content (AvgIpc) is 3.61. The van der Waals surface area contributed by atoms with Crippen molar-refractivity contribution in [2.45, 2.75) is 82.1 Å². The summed E-state index contributed by atoms with van der Waals surface area (Å²) < 4.78 is 95.1.